The van der Waals surface area contributed by atoms with Gasteiger partial charge >= 0.3 is 0 Å². The lowest BCUT2D eigenvalue weighted by Gasteiger charge is -2.25. The molecule has 1 aliphatic heterocycles. The van der Waals surface area contributed by atoms with Crippen LogP contribution in [0.2, 0.25) is 0 Å². The van der Waals surface area contributed by atoms with Crippen LogP contribution in [0.1, 0.15) is 23.2 Å². The second kappa shape index (κ2) is 4.40. The fourth-order valence-corrected chi connectivity index (χ4v) is 1.53. The minimum absolute atomic E-state index is 0.0689. The summed E-state index contributed by atoms with van der Waals surface area (Å²) in [6, 6.07) is 5.94. The second-order valence-corrected chi connectivity index (χ2v) is 3.43. The summed E-state index contributed by atoms with van der Waals surface area (Å²) in [5.41, 5.74) is 0.0689. The fraction of sp³-hybridized carbons (Fsp3) is 0.364. The molecule has 0 aromatic heterocycles. The summed E-state index contributed by atoms with van der Waals surface area (Å²) in [4.78, 5) is 16.9. The van der Waals surface area contributed by atoms with Gasteiger partial charge in [0.05, 0.1) is 12.2 Å². The molecule has 15 heavy (non-hydrogen) atoms. The standard InChI is InChI=1S/C11H12FNO2/c12-10-6-2-1-5-9(10)11(14)13-7-3-4-8-15-13/h1-2,5-6H,3-4,7-8H2. The van der Waals surface area contributed by atoms with Gasteiger partial charge in [-0.2, -0.15) is 0 Å². The van der Waals surface area contributed by atoms with E-state index in [9.17, 15) is 9.18 Å². The molecule has 80 valence electrons. The molecule has 0 N–H and O–H groups in total. The Balaban J connectivity index is 2.16. The first-order valence-corrected chi connectivity index (χ1v) is 4.98. The van der Waals surface area contributed by atoms with E-state index < -0.39 is 11.7 Å². The monoisotopic (exact) mass is 209 g/mol. The van der Waals surface area contributed by atoms with Crippen LogP contribution >= 0.6 is 0 Å². The van der Waals surface area contributed by atoms with E-state index in [0.717, 1.165) is 12.8 Å². The highest BCUT2D eigenvalue weighted by Crippen LogP contribution is 2.13. The first-order valence-electron chi connectivity index (χ1n) is 4.98. The number of benzene rings is 1. The molecule has 0 bridgehead atoms. The lowest BCUT2D eigenvalue weighted by Crippen LogP contribution is -2.36. The van der Waals surface area contributed by atoms with E-state index >= 15 is 0 Å². The molecular formula is C11H12FNO2. The molecule has 1 amide bonds. The minimum atomic E-state index is -0.503. The van der Waals surface area contributed by atoms with Crippen LogP contribution in [0.4, 0.5) is 4.39 Å². The molecule has 0 saturated carbocycles. The van der Waals surface area contributed by atoms with Crippen LogP contribution in [0, 0.1) is 5.82 Å². The van der Waals surface area contributed by atoms with Crippen molar-refractivity contribution in [1.29, 1.82) is 0 Å². The zero-order valence-corrected chi connectivity index (χ0v) is 8.28. The molecule has 4 heteroatoms. The van der Waals surface area contributed by atoms with Crippen LogP contribution in [-0.4, -0.2) is 24.1 Å². The Kier molecular flexibility index (Phi) is 2.97. The normalized spacial score (nSPS) is 16.5. The summed E-state index contributed by atoms with van der Waals surface area (Å²) in [5, 5.41) is 1.24. The number of halogens is 1. The van der Waals surface area contributed by atoms with Crippen LogP contribution in [0.3, 0.4) is 0 Å². The molecule has 1 aromatic carbocycles. The minimum Gasteiger partial charge on any atom is -0.271 e. The number of hydrogen-bond donors (Lipinski definition) is 0. The van der Waals surface area contributed by atoms with Crippen LogP contribution in [0.15, 0.2) is 24.3 Å². The molecule has 2 rings (SSSR count). The predicted molar refractivity (Wildman–Crippen MR) is 52.6 cm³/mol. The maximum atomic E-state index is 13.3. The molecule has 1 aromatic rings. The summed E-state index contributed by atoms with van der Waals surface area (Å²) in [7, 11) is 0. The van der Waals surface area contributed by atoms with Gasteiger partial charge in [0.15, 0.2) is 0 Å². The Morgan fingerprint density at radius 2 is 2.13 bits per heavy atom. The Bertz CT molecular complexity index is 361. The molecule has 1 fully saturated rings. The Hall–Kier alpha value is -1.42. The van der Waals surface area contributed by atoms with Crippen LogP contribution < -0.4 is 0 Å². The summed E-state index contributed by atoms with van der Waals surface area (Å²) in [6.45, 7) is 1.06. The highest BCUT2D eigenvalue weighted by Gasteiger charge is 2.21. The topological polar surface area (TPSA) is 29.5 Å². The van der Waals surface area contributed by atoms with Gasteiger partial charge in [0, 0.05) is 6.54 Å². The lowest BCUT2D eigenvalue weighted by molar-refractivity contribution is -0.144. The number of hydroxylamine groups is 2. The number of hydrogen-bond acceptors (Lipinski definition) is 2. The average molecular weight is 209 g/mol. The largest absolute Gasteiger partial charge is 0.280 e. The zero-order valence-electron chi connectivity index (χ0n) is 8.28. The van der Waals surface area contributed by atoms with E-state index in [-0.39, 0.29) is 5.56 Å². The van der Waals surface area contributed by atoms with Crippen molar-refractivity contribution in [2.45, 2.75) is 12.8 Å². The first kappa shape index (κ1) is 10.1. The van der Waals surface area contributed by atoms with E-state index in [4.69, 9.17) is 4.84 Å². The second-order valence-electron chi connectivity index (χ2n) is 3.43. The highest BCUT2D eigenvalue weighted by molar-refractivity contribution is 5.93. The first-order chi connectivity index (χ1) is 7.29. The van der Waals surface area contributed by atoms with Crippen LogP contribution in [-0.2, 0) is 4.84 Å². The van der Waals surface area contributed by atoms with Gasteiger partial charge in [0.25, 0.3) is 5.91 Å². The third-order valence-electron chi connectivity index (χ3n) is 2.33. The Morgan fingerprint density at radius 3 is 2.80 bits per heavy atom. The van der Waals surface area contributed by atoms with Gasteiger partial charge in [-0.15, -0.1) is 0 Å². The van der Waals surface area contributed by atoms with Crippen molar-refractivity contribution < 1.29 is 14.0 Å². The van der Waals surface area contributed by atoms with Crippen molar-refractivity contribution in [2.75, 3.05) is 13.2 Å². The molecule has 0 unspecified atom stereocenters. The molecule has 0 atom stereocenters. The SMILES string of the molecule is O=C(c1ccccc1F)N1CCCCO1. The fourth-order valence-electron chi connectivity index (χ4n) is 1.53. The van der Waals surface area contributed by atoms with Gasteiger partial charge in [0.2, 0.25) is 0 Å². The van der Waals surface area contributed by atoms with Crippen LogP contribution in [0.25, 0.3) is 0 Å². The van der Waals surface area contributed by atoms with E-state index in [1.165, 1.54) is 17.2 Å². The summed E-state index contributed by atoms with van der Waals surface area (Å²) in [6.07, 6.45) is 1.85. The summed E-state index contributed by atoms with van der Waals surface area (Å²) in [5.74, 6) is -0.899. The summed E-state index contributed by atoms with van der Waals surface area (Å²) < 4.78 is 13.3. The number of rotatable bonds is 1. The van der Waals surface area contributed by atoms with Gasteiger partial charge in [0.1, 0.15) is 5.82 Å². The molecule has 0 radical (unpaired) electrons. The zero-order chi connectivity index (χ0) is 10.7. The maximum Gasteiger partial charge on any atom is 0.280 e. The van der Waals surface area contributed by atoms with Crippen LogP contribution in [0.5, 0.6) is 0 Å². The van der Waals surface area contributed by atoms with Gasteiger partial charge in [-0.05, 0) is 25.0 Å². The number of carbonyl (C=O) groups is 1. The molecule has 1 aliphatic rings. The van der Waals surface area contributed by atoms with Gasteiger partial charge in [-0.1, -0.05) is 12.1 Å². The number of nitrogens with zero attached hydrogens (tertiary/aromatic N) is 1. The van der Waals surface area contributed by atoms with Crippen molar-refractivity contribution in [1.82, 2.24) is 5.06 Å². The third kappa shape index (κ3) is 2.15. The number of amides is 1. The average Bonchev–Trinajstić information content (AvgIpc) is 2.30. The highest BCUT2D eigenvalue weighted by atomic mass is 19.1. The van der Waals surface area contributed by atoms with Gasteiger partial charge < -0.3 is 0 Å². The molecule has 3 nitrogen and oxygen atoms in total. The van der Waals surface area contributed by atoms with E-state index in [1.807, 2.05) is 0 Å². The third-order valence-corrected chi connectivity index (χ3v) is 2.33. The maximum absolute atomic E-state index is 13.3. The van der Waals surface area contributed by atoms with Crippen molar-refractivity contribution in [3.05, 3.63) is 35.6 Å². The molecule has 0 spiro atoms. The molecule has 0 aliphatic carbocycles. The Morgan fingerprint density at radius 1 is 1.33 bits per heavy atom. The lowest BCUT2D eigenvalue weighted by atomic mass is 10.2. The van der Waals surface area contributed by atoms with Gasteiger partial charge in [-0.25, -0.2) is 9.45 Å². The van der Waals surface area contributed by atoms with Crippen molar-refractivity contribution in [3.8, 4) is 0 Å². The molecular weight excluding hydrogens is 197 g/mol. The summed E-state index contributed by atoms with van der Waals surface area (Å²) >= 11 is 0. The number of carbonyl (C=O) groups excluding carboxylic acids is 1. The Labute approximate surface area is 87.4 Å². The van der Waals surface area contributed by atoms with E-state index in [1.54, 1.807) is 12.1 Å². The smallest absolute Gasteiger partial charge is 0.271 e. The molecule has 1 saturated heterocycles. The van der Waals surface area contributed by atoms with Crippen molar-refractivity contribution >= 4 is 5.91 Å². The predicted octanol–water partition coefficient (Wildman–Crippen LogP) is 1.99. The molecule has 1 heterocycles. The van der Waals surface area contributed by atoms with E-state index in [2.05, 4.69) is 0 Å². The van der Waals surface area contributed by atoms with Gasteiger partial charge in [-0.3, -0.25) is 9.63 Å². The van der Waals surface area contributed by atoms with E-state index in [0.29, 0.717) is 13.2 Å². The quantitative estimate of drug-likeness (QED) is 0.708. The van der Waals surface area contributed by atoms with Crippen molar-refractivity contribution in [2.24, 2.45) is 0 Å². The van der Waals surface area contributed by atoms with Crippen molar-refractivity contribution in [3.63, 3.8) is 0 Å².